The van der Waals surface area contributed by atoms with E-state index in [1.165, 1.54) is 19.3 Å². The molecule has 0 aromatic heterocycles. The Kier molecular flexibility index (Phi) is 8.67. The lowest BCUT2D eigenvalue weighted by molar-refractivity contribution is -0.131. The van der Waals surface area contributed by atoms with Gasteiger partial charge in [0.25, 0.3) is 0 Å². The molecule has 2 unspecified atom stereocenters. The van der Waals surface area contributed by atoms with E-state index in [-0.39, 0.29) is 17.8 Å². The van der Waals surface area contributed by atoms with E-state index in [0.717, 1.165) is 32.4 Å². The Bertz CT molecular complexity index is 273. The molecule has 2 atom stereocenters. The molecule has 0 aromatic carbocycles. The van der Waals surface area contributed by atoms with Crippen molar-refractivity contribution in [2.75, 3.05) is 19.6 Å². The van der Waals surface area contributed by atoms with Gasteiger partial charge in [0.1, 0.15) is 0 Å². The molecule has 0 aliphatic carbocycles. The van der Waals surface area contributed by atoms with E-state index in [0.29, 0.717) is 18.4 Å². The summed E-state index contributed by atoms with van der Waals surface area (Å²) < 4.78 is 0. The molecule has 19 heavy (non-hydrogen) atoms. The molecule has 1 aliphatic heterocycles. The number of halogens is 1. The molecule has 3 nitrogen and oxygen atoms in total. The lowest BCUT2D eigenvalue weighted by atomic mass is 9.90. The first-order valence-electron chi connectivity index (χ1n) is 7.52. The van der Waals surface area contributed by atoms with E-state index < -0.39 is 0 Å². The summed E-state index contributed by atoms with van der Waals surface area (Å²) in [5.41, 5.74) is 5.94. The molecule has 1 rings (SSSR count). The molecular formula is C15H31ClN2O. The van der Waals surface area contributed by atoms with Crippen molar-refractivity contribution in [1.29, 1.82) is 0 Å². The van der Waals surface area contributed by atoms with Gasteiger partial charge < -0.3 is 10.6 Å². The highest BCUT2D eigenvalue weighted by molar-refractivity contribution is 5.85. The van der Waals surface area contributed by atoms with Crippen LogP contribution in [0.4, 0.5) is 0 Å². The predicted molar refractivity (Wildman–Crippen MR) is 83.5 cm³/mol. The number of nitrogens with two attached hydrogens (primary N) is 1. The predicted octanol–water partition coefficient (Wildman–Crippen LogP) is 3.21. The largest absolute Gasteiger partial charge is 0.342 e. The minimum absolute atomic E-state index is 0. The van der Waals surface area contributed by atoms with E-state index in [1.807, 2.05) is 4.90 Å². The molecule has 1 aliphatic rings. The van der Waals surface area contributed by atoms with Crippen molar-refractivity contribution in [3.8, 4) is 0 Å². The van der Waals surface area contributed by atoms with E-state index in [9.17, 15) is 4.79 Å². The zero-order chi connectivity index (χ0) is 13.6. The van der Waals surface area contributed by atoms with Gasteiger partial charge >= 0.3 is 0 Å². The van der Waals surface area contributed by atoms with Crippen LogP contribution in [0, 0.1) is 11.3 Å². The average molecular weight is 291 g/mol. The number of nitrogens with zero attached hydrogens (tertiary/aromatic N) is 1. The fourth-order valence-corrected chi connectivity index (χ4v) is 2.72. The van der Waals surface area contributed by atoms with Crippen LogP contribution in [0.1, 0.15) is 59.3 Å². The zero-order valence-corrected chi connectivity index (χ0v) is 13.6. The molecule has 0 bridgehead atoms. The number of hydrogen-bond acceptors (Lipinski definition) is 2. The van der Waals surface area contributed by atoms with Gasteiger partial charge in [0.05, 0.1) is 0 Å². The first-order valence-corrected chi connectivity index (χ1v) is 7.52. The molecule has 2 N–H and O–H groups in total. The van der Waals surface area contributed by atoms with E-state index in [4.69, 9.17) is 5.73 Å². The molecule has 1 fully saturated rings. The Labute approximate surface area is 124 Å². The van der Waals surface area contributed by atoms with Gasteiger partial charge in [-0.3, -0.25) is 4.79 Å². The molecule has 1 amide bonds. The molecule has 0 spiro atoms. The quantitative estimate of drug-likeness (QED) is 0.782. The second-order valence-corrected chi connectivity index (χ2v) is 6.20. The first-order chi connectivity index (χ1) is 8.54. The third kappa shape index (κ3) is 5.70. The van der Waals surface area contributed by atoms with Gasteiger partial charge in [-0.1, -0.05) is 40.0 Å². The number of amides is 1. The molecule has 0 radical (unpaired) electrons. The third-order valence-corrected chi connectivity index (χ3v) is 4.41. The van der Waals surface area contributed by atoms with Crippen LogP contribution in [0.25, 0.3) is 0 Å². The van der Waals surface area contributed by atoms with Crippen molar-refractivity contribution >= 4 is 18.3 Å². The fourth-order valence-electron chi connectivity index (χ4n) is 2.72. The molecule has 4 heteroatoms. The minimum Gasteiger partial charge on any atom is -0.342 e. The van der Waals surface area contributed by atoms with Crippen LogP contribution in [0.5, 0.6) is 0 Å². The maximum Gasteiger partial charge on any atom is 0.222 e. The molecule has 0 saturated carbocycles. The van der Waals surface area contributed by atoms with Crippen molar-refractivity contribution in [3.05, 3.63) is 0 Å². The van der Waals surface area contributed by atoms with Gasteiger partial charge in [0.2, 0.25) is 5.91 Å². The highest BCUT2D eigenvalue weighted by Gasteiger charge is 2.35. The molecule has 1 heterocycles. The zero-order valence-electron chi connectivity index (χ0n) is 12.8. The Hall–Kier alpha value is -0.280. The van der Waals surface area contributed by atoms with E-state index >= 15 is 0 Å². The number of unbranched alkanes of at least 4 members (excludes halogenated alkanes) is 1. The monoisotopic (exact) mass is 290 g/mol. The van der Waals surface area contributed by atoms with Crippen molar-refractivity contribution in [3.63, 3.8) is 0 Å². The third-order valence-electron chi connectivity index (χ3n) is 4.41. The Balaban J connectivity index is 0.00000324. The number of carbonyl (C=O) groups is 1. The summed E-state index contributed by atoms with van der Waals surface area (Å²) in [6, 6.07) is 0. The Morgan fingerprint density at radius 2 is 2.11 bits per heavy atom. The molecule has 1 saturated heterocycles. The van der Waals surface area contributed by atoms with Gasteiger partial charge in [0.15, 0.2) is 0 Å². The summed E-state index contributed by atoms with van der Waals surface area (Å²) in [5.74, 6) is 0.914. The topological polar surface area (TPSA) is 46.3 Å². The van der Waals surface area contributed by atoms with Crippen molar-refractivity contribution < 1.29 is 4.79 Å². The van der Waals surface area contributed by atoms with Crippen molar-refractivity contribution in [1.82, 2.24) is 4.90 Å². The van der Waals surface area contributed by atoms with Crippen molar-refractivity contribution in [2.24, 2.45) is 17.1 Å². The summed E-state index contributed by atoms with van der Waals surface area (Å²) >= 11 is 0. The smallest absolute Gasteiger partial charge is 0.222 e. The molecule has 114 valence electrons. The maximum atomic E-state index is 12.3. The highest BCUT2D eigenvalue weighted by atomic mass is 35.5. The van der Waals surface area contributed by atoms with E-state index in [1.54, 1.807) is 0 Å². The van der Waals surface area contributed by atoms with Gasteiger partial charge in [0, 0.05) is 19.5 Å². The van der Waals surface area contributed by atoms with Gasteiger partial charge in [-0.2, -0.15) is 0 Å². The molecule has 0 aromatic rings. The number of hydrogen-bond donors (Lipinski definition) is 1. The Morgan fingerprint density at radius 1 is 1.42 bits per heavy atom. The lowest BCUT2D eigenvalue weighted by Gasteiger charge is -2.24. The number of likely N-dealkylation sites (tertiary alicyclic amines) is 1. The normalized spacial score (nSPS) is 24.1. The first kappa shape index (κ1) is 18.7. The Morgan fingerprint density at radius 3 is 2.58 bits per heavy atom. The SMILES string of the molecule is CCCCC(CC)CC(=O)N1CCC(C)(CN)C1.Cl. The summed E-state index contributed by atoms with van der Waals surface area (Å²) in [6.07, 6.45) is 6.57. The summed E-state index contributed by atoms with van der Waals surface area (Å²) in [4.78, 5) is 14.3. The van der Waals surface area contributed by atoms with Crippen LogP contribution < -0.4 is 5.73 Å². The van der Waals surface area contributed by atoms with Crippen LogP contribution in [0.3, 0.4) is 0 Å². The standard InChI is InChI=1S/C15H30N2O.ClH/c1-4-6-7-13(5-2)10-14(18)17-9-8-15(3,11-16)12-17;/h13H,4-12,16H2,1-3H3;1H. The van der Waals surface area contributed by atoms with Crippen LogP contribution in [-0.4, -0.2) is 30.4 Å². The van der Waals surface area contributed by atoms with Crippen LogP contribution in [0.2, 0.25) is 0 Å². The van der Waals surface area contributed by atoms with Crippen LogP contribution in [-0.2, 0) is 4.79 Å². The summed E-state index contributed by atoms with van der Waals surface area (Å²) in [5, 5.41) is 0. The van der Waals surface area contributed by atoms with Gasteiger partial charge in [-0.05, 0) is 30.7 Å². The second kappa shape index (κ2) is 8.80. The number of carbonyl (C=O) groups excluding carboxylic acids is 1. The van der Waals surface area contributed by atoms with E-state index in [2.05, 4.69) is 20.8 Å². The highest BCUT2D eigenvalue weighted by Crippen LogP contribution is 2.29. The van der Waals surface area contributed by atoms with Crippen molar-refractivity contribution in [2.45, 2.75) is 59.3 Å². The summed E-state index contributed by atoms with van der Waals surface area (Å²) in [6.45, 7) is 9.03. The average Bonchev–Trinajstić information content (AvgIpc) is 2.78. The fraction of sp³-hybridized carbons (Fsp3) is 0.933. The number of rotatable bonds is 7. The second-order valence-electron chi connectivity index (χ2n) is 6.20. The lowest BCUT2D eigenvalue weighted by Crippen LogP contribution is -2.35. The minimum atomic E-state index is 0. The van der Waals surface area contributed by atoms with Crippen LogP contribution >= 0.6 is 12.4 Å². The van der Waals surface area contributed by atoms with Gasteiger partial charge in [-0.15, -0.1) is 12.4 Å². The maximum absolute atomic E-state index is 12.3. The van der Waals surface area contributed by atoms with Crippen LogP contribution in [0.15, 0.2) is 0 Å². The molecular weight excluding hydrogens is 260 g/mol. The van der Waals surface area contributed by atoms with Gasteiger partial charge in [-0.25, -0.2) is 0 Å². The summed E-state index contributed by atoms with van der Waals surface area (Å²) in [7, 11) is 0.